The average Bonchev–Trinajstić information content (AvgIpc) is 2.99. The number of hydrogen-bond acceptors (Lipinski definition) is 6. The Balaban J connectivity index is 1.46. The summed E-state index contributed by atoms with van der Waals surface area (Å²) in [5.41, 5.74) is -1.25. The lowest BCUT2D eigenvalue weighted by atomic mass is 9.96. The minimum Gasteiger partial charge on any atom is -0.478 e. The van der Waals surface area contributed by atoms with Gasteiger partial charge in [-0.2, -0.15) is 13.2 Å². The van der Waals surface area contributed by atoms with E-state index in [0.717, 1.165) is 57.4 Å². The molecule has 0 fully saturated rings. The highest BCUT2D eigenvalue weighted by Gasteiger charge is 2.34. The number of aryl methyl sites for hydroxylation is 1. The molecule has 0 bridgehead atoms. The molecule has 9 heteroatoms. The maximum atomic E-state index is 14.0. The summed E-state index contributed by atoms with van der Waals surface area (Å²) in [5, 5.41) is 0.449. The number of ether oxygens (including phenoxy) is 2. The predicted molar refractivity (Wildman–Crippen MR) is 162 cm³/mol. The van der Waals surface area contributed by atoms with E-state index in [1.807, 2.05) is 6.92 Å². The van der Waals surface area contributed by atoms with Crippen LogP contribution in [0, 0.1) is 0 Å². The molecule has 0 aliphatic rings. The molecule has 3 aromatic rings. The Morgan fingerprint density at radius 3 is 2.12 bits per heavy atom. The third kappa shape index (κ3) is 11.3. The maximum Gasteiger partial charge on any atom is 0.417 e. The summed E-state index contributed by atoms with van der Waals surface area (Å²) in [6.07, 6.45) is 10.4. The van der Waals surface area contributed by atoms with E-state index in [0.29, 0.717) is 42.9 Å². The van der Waals surface area contributed by atoms with Crippen LogP contribution < -0.4 is 10.4 Å². The summed E-state index contributed by atoms with van der Waals surface area (Å²) in [5.74, 6) is 0.205. The van der Waals surface area contributed by atoms with Gasteiger partial charge in [-0.05, 0) is 43.4 Å². The summed E-state index contributed by atoms with van der Waals surface area (Å²) >= 11 is 0. The van der Waals surface area contributed by atoms with Crippen molar-refractivity contribution in [3.8, 4) is 17.0 Å². The minimum atomic E-state index is -4.61. The molecule has 0 saturated heterocycles. The highest BCUT2D eigenvalue weighted by molar-refractivity contribution is 5.82. The van der Waals surface area contributed by atoms with Gasteiger partial charge in [-0.15, -0.1) is 0 Å². The Labute approximate surface area is 252 Å². The van der Waals surface area contributed by atoms with Crippen molar-refractivity contribution in [2.24, 2.45) is 0 Å². The highest BCUT2D eigenvalue weighted by Crippen LogP contribution is 2.38. The molecule has 0 N–H and O–H groups in total. The number of esters is 1. The van der Waals surface area contributed by atoms with Crippen molar-refractivity contribution in [3.63, 3.8) is 0 Å². The number of pyridine rings is 1. The van der Waals surface area contributed by atoms with Crippen LogP contribution in [0.2, 0.25) is 0 Å². The fourth-order valence-electron chi connectivity index (χ4n) is 4.95. The Morgan fingerprint density at radius 1 is 0.837 bits per heavy atom. The van der Waals surface area contributed by atoms with E-state index < -0.39 is 17.4 Å². The second-order valence-corrected chi connectivity index (χ2v) is 10.9. The second-order valence-electron chi connectivity index (χ2n) is 10.9. The number of fused-ring (bicyclic) bond motifs is 1. The molecule has 236 valence electrons. The first kappa shape index (κ1) is 34.1. The van der Waals surface area contributed by atoms with Crippen molar-refractivity contribution in [2.75, 3.05) is 13.2 Å². The second kappa shape index (κ2) is 17.7. The Bertz CT molecular complexity index is 1350. The summed E-state index contributed by atoms with van der Waals surface area (Å²) in [4.78, 5) is 28.0. The molecule has 0 amide bonds. The summed E-state index contributed by atoms with van der Waals surface area (Å²) in [7, 11) is 0. The molecule has 1 aromatic carbocycles. The van der Waals surface area contributed by atoms with E-state index in [1.165, 1.54) is 44.0 Å². The van der Waals surface area contributed by atoms with E-state index in [2.05, 4.69) is 4.98 Å². The standard InChI is InChI=1S/C34H44F3NO5/c1-3-5-16-25-17-18-27(29(21-25)34(35,36)37)28-22-26-23-31(38-24-30(26)43-33(28)40)41-19-14-12-10-8-6-7-9-11-13-15-20-42-32(39)4-2/h17-18,21-24H,3-16,19-20H2,1-2H3. The Hall–Kier alpha value is -3.36. The number of nitrogens with zero attached hydrogens (tertiary/aromatic N) is 1. The first-order valence-electron chi connectivity index (χ1n) is 15.7. The van der Waals surface area contributed by atoms with E-state index in [4.69, 9.17) is 13.9 Å². The lowest BCUT2D eigenvalue weighted by Gasteiger charge is -2.14. The van der Waals surface area contributed by atoms with Gasteiger partial charge in [0.05, 0.1) is 30.5 Å². The van der Waals surface area contributed by atoms with Crippen LogP contribution in [0.25, 0.3) is 22.1 Å². The van der Waals surface area contributed by atoms with Crippen LogP contribution in [0.1, 0.15) is 108 Å². The molecule has 0 radical (unpaired) electrons. The maximum absolute atomic E-state index is 14.0. The number of alkyl halides is 3. The van der Waals surface area contributed by atoms with E-state index in [-0.39, 0.29) is 22.7 Å². The molecule has 2 heterocycles. The third-order valence-corrected chi connectivity index (χ3v) is 7.43. The first-order valence-corrected chi connectivity index (χ1v) is 15.7. The zero-order valence-electron chi connectivity index (χ0n) is 25.4. The molecule has 2 aromatic heterocycles. The number of carbonyl (C=O) groups excluding carboxylic acids is 1. The van der Waals surface area contributed by atoms with Crippen molar-refractivity contribution >= 4 is 16.9 Å². The van der Waals surface area contributed by atoms with Gasteiger partial charge in [0.25, 0.3) is 0 Å². The van der Waals surface area contributed by atoms with Crippen LogP contribution in [0.5, 0.6) is 5.88 Å². The number of halogens is 3. The van der Waals surface area contributed by atoms with Gasteiger partial charge in [0.2, 0.25) is 5.88 Å². The molecular formula is C34H44F3NO5. The summed E-state index contributed by atoms with van der Waals surface area (Å²) in [6, 6.07) is 7.15. The number of hydrogen-bond donors (Lipinski definition) is 0. The van der Waals surface area contributed by atoms with Gasteiger partial charge in [-0.25, -0.2) is 9.78 Å². The van der Waals surface area contributed by atoms with Crippen molar-refractivity contribution < 1.29 is 31.9 Å². The van der Waals surface area contributed by atoms with Gasteiger partial charge < -0.3 is 13.9 Å². The molecule has 0 unspecified atom stereocenters. The zero-order chi connectivity index (χ0) is 31.1. The summed E-state index contributed by atoms with van der Waals surface area (Å²) < 4.78 is 58.1. The molecule has 0 spiro atoms. The molecule has 0 atom stereocenters. The number of benzene rings is 1. The van der Waals surface area contributed by atoms with Gasteiger partial charge in [-0.1, -0.05) is 83.8 Å². The number of aromatic nitrogens is 1. The monoisotopic (exact) mass is 603 g/mol. The number of unbranched alkanes of at least 4 members (excludes halogenated alkanes) is 10. The molecule has 43 heavy (non-hydrogen) atoms. The largest absolute Gasteiger partial charge is 0.478 e. The highest BCUT2D eigenvalue weighted by atomic mass is 19.4. The minimum absolute atomic E-state index is 0.131. The average molecular weight is 604 g/mol. The molecule has 0 saturated carbocycles. The third-order valence-electron chi connectivity index (χ3n) is 7.43. The quantitative estimate of drug-likeness (QED) is 0.100. The van der Waals surface area contributed by atoms with E-state index in [9.17, 15) is 22.8 Å². The van der Waals surface area contributed by atoms with Gasteiger partial charge in [0.1, 0.15) is 0 Å². The van der Waals surface area contributed by atoms with Crippen molar-refractivity contribution in [1.29, 1.82) is 0 Å². The molecule has 6 nitrogen and oxygen atoms in total. The number of rotatable bonds is 19. The van der Waals surface area contributed by atoms with Gasteiger partial charge in [0.15, 0.2) is 5.58 Å². The van der Waals surface area contributed by atoms with Crippen LogP contribution in [-0.2, 0) is 22.1 Å². The van der Waals surface area contributed by atoms with Gasteiger partial charge in [0, 0.05) is 23.4 Å². The Morgan fingerprint density at radius 2 is 1.49 bits per heavy atom. The first-order chi connectivity index (χ1) is 20.7. The smallest absolute Gasteiger partial charge is 0.417 e. The van der Waals surface area contributed by atoms with Crippen LogP contribution in [-0.4, -0.2) is 24.2 Å². The molecule has 3 rings (SSSR count). The lowest BCUT2D eigenvalue weighted by molar-refractivity contribution is -0.143. The van der Waals surface area contributed by atoms with Gasteiger partial charge in [-0.3, -0.25) is 4.79 Å². The van der Waals surface area contributed by atoms with Crippen LogP contribution in [0.4, 0.5) is 13.2 Å². The van der Waals surface area contributed by atoms with Crippen LogP contribution >= 0.6 is 0 Å². The fourth-order valence-corrected chi connectivity index (χ4v) is 4.95. The molecular weight excluding hydrogens is 559 g/mol. The summed E-state index contributed by atoms with van der Waals surface area (Å²) in [6.45, 7) is 4.78. The van der Waals surface area contributed by atoms with Crippen LogP contribution in [0.3, 0.4) is 0 Å². The molecule has 0 aliphatic carbocycles. The van der Waals surface area contributed by atoms with Crippen molar-refractivity contribution in [3.05, 3.63) is 58.1 Å². The fraction of sp³-hybridized carbons (Fsp3) is 0.559. The lowest BCUT2D eigenvalue weighted by Crippen LogP contribution is -2.12. The normalized spacial score (nSPS) is 11.7. The van der Waals surface area contributed by atoms with Crippen LogP contribution in [0.15, 0.2) is 45.7 Å². The topological polar surface area (TPSA) is 78.6 Å². The number of carbonyl (C=O) groups is 1. The van der Waals surface area contributed by atoms with Crippen molar-refractivity contribution in [1.82, 2.24) is 4.98 Å². The van der Waals surface area contributed by atoms with Crippen molar-refractivity contribution in [2.45, 2.75) is 110 Å². The SMILES string of the molecule is CCCCc1ccc(-c2cc3cc(OCCCCCCCCCCCCOC(=O)CC)ncc3oc2=O)c(C(F)(F)F)c1. The zero-order valence-corrected chi connectivity index (χ0v) is 25.4. The Kier molecular flexibility index (Phi) is 14.0. The predicted octanol–water partition coefficient (Wildman–Crippen LogP) is 9.45. The molecule has 0 aliphatic heterocycles. The van der Waals surface area contributed by atoms with Gasteiger partial charge >= 0.3 is 17.8 Å². The van der Waals surface area contributed by atoms with E-state index in [1.54, 1.807) is 19.1 Å². The van der Waals surface area contributed by atoms with E-state index >= 15 is 0 Å².